The predicted molar refractivity (Wildman–Crippen MR) is 83.1 cm³/mol. The highest BCUT2D eigenvalue weighted by Gasteiger charge is 2.48. The molecule has 0 aliphatic heterocycles. The fourth-order valence-corrected chi connectivity index (χ4v) is 3.94. The molecule has 0 spiro atoms. The molecule has 0 saturated heterocycles. The van der Waals surface area contributed by atoms with E-state index >= 15 is 0 Å². The lowest BCUT2D eigenvalue weighted by Gasteiger charge is -2.38. The predicted octanol–water partition coefficient (Wildman–Crippen LogP) is 2.72. The van der Waals surface area contributed by atoms with Crippen LogP contribution in [-0.4, -0.2) is 34.4 Å². The summed E-state index contributed by atoms with van der Waals surface area (Å²) in [5.74, 6) is 0.632. The van der Waals surface area contributed by atoms with Gasteiger partial charge in [-0.25, -0.2) is 0 Å². The Morgan fingerprint density at radius 2 is 1.86 bits per heavy atom. The van der Waals surface area contributed by atoms with Gasteiger partial charge in [0.05, 0.1) is 0 Å². The Bertz CT molecular complexity index is 394. The third kappa shape index (κ3) is 3.16. The highest BCUT2D eigenvalue weighted by Crippen LogP contribution is 2.41. The molecule has 120 valence electrons. The van der Waals surface area contributed by atoms with E-state index in [4.69, 9.17) is 10.9 Å². The molecule has 21 heavy (non-hydrogen) atoms. The SMILES string of the molecule is CC(C)CN(C(=O)C1(C(N)=NO)CCCC1)C1CCCC1. The van der Waals surface area contributed by atoms with E-state index in [1.54, 1.807) is 0 Å². The van der Waals surface area contributed by atoms with Crippen molar-refractivity contribution in [1.82, 2.24) is 4.90 Å². The number of hydrogen-bond donors (Lipinski definition) is 2. The van der Waals surface area contributed by atoms with Gasteiger partial charge in [0.15, 0.2) is 5.84 Å². The second-order valence-corrected chi connectivity index (χ2v) is 7.06. The summed E-state index contributed by atoms with van der Waals surface area (Å²) in [5.41, 5.74) is 5.18. The van der Waals surface area contributed by atoms with Crippen LogP contribution in [-0.2, 0) is 4.79 Å². The van der Waals surface area contributed by atoms with E-state index in [-0.39, 0.29) is 11.7 Å². The maximum atomic E-state index is 13.2. The zero-order chi connectivity index (χ0) is 15.5. The first-order valence-electron chi connectivity index (χ1n) is 8.30. The van der Waals surface area contributed by atoms with Gasteiger partial charge in [0.25, 0.3) is 0 Å². The molecular formula is C16H29N3O2. The summed E-state index contributed by atoms with van der Waals surface area (Å²) in [7, 11) is 0. The highest BCUT2D eigenvalue weighted by molar-refractivity contribution is 6.07. The fraction of sp³-hybridized carbons (Fsp3) is 0.875. The number of oxime groups is 1. The molecule has 5 nitrogen and oxygen atoms in total. The molecule has 0 aromatic rings. The lowest BCUT2D eigenvalue weighted by molar-refractivity contribution is -0.141. The second-order valence-electron chi connectivity index (χ2n) is 7.06. The highest BCUT2D eigenvalue weighted by atomic mass is 16.4. The van der Waals surface area contributed by atoms with Crippen molar-refractivity contribution in [3.8, 4) is 0 Å². The largest absolute Gasteiger partial charge is 0.409 e. The Morgan fingerprint density at radius 3 is 2.33 bits per heavy atom. The number of amidine groups is 1. The van der Waals surface area contributed by atoms with Crippen LogP contribution in [0, 0.1) is 11.3 Å². The fourth-order valence-electron chi connectivity index (χ4n) is 3.94. The zero-order valence-electron chi connectivity index (χ0n) is 13.3. The van der Waals surface area contributed by atoms with E-state index in [1.165, 1.54) is 12.8 Å². The Morgan fingerprint density at radius 1 is 1.29 bits per heavy atom. The van der Waals surface area contributed by atoms with E-state index in [2.05, 4.69) is 19.0 Å². The summed E-state index contributed by atoms with van der Waals surface area (Å²) in [6, 6.07) is 0.337. The maximum Gasteiger partial charge on any atom is 0.236 e. The Labute approximate surface area is 127 Å². The summed E-state index contributed by atoms with van der Waals surface area (Å²) in [5, 5.41) is 12.3. The van der Waals surface area contributed by atoms with Crippen LogP contribution in [0.25, 0.3) is 0 Å². The monoisotopic (exact) mass is 295 g/mol. The van der Waals surface area contributed by atoms with Crippen molar-refractivity contribution in [3.05, 3.63) is 0 Å². The number of nitrogens with two attached hydrogens (primary N) is 1. The van der Waals surface area contributed by atoms with Crippen LogP contribution in [0.1, 0.15) is 65.2 Å². The smallest absolute Gasteiger partial charge is 0.236 e. The lowest BCUT2D eigenvalue weighted by Crippen LogP contribution is -2.53. The van der Waals surface area contributed by atoms with Crippen molar-refractivity contribution in [2.75, 3.05) is 6.54 Å². The lowest BCUT2D eigenvalue weighted by atomic mass is 9.82. The summed E-state index contributed by atoms with van der Waals surface area (Å²) in [6.07, 6.45) is 7.94. The minimum absolute atomic E-state index is 0.0934. The average molecular weight is 295 g/mol. The van der Waals surface area contributed by atoms with Gasteiger partial charge in [-0.05, 0) is 31.6 Å². The van der Waals surface area contributed by atoms with Gasteiger partial charge < -0.3 is 15.8 Å². The van der Waals surface area contributed by atoms with Crippen LogP contribution in [0.4, 0.5) is 0 Å². The topological polar surface area (TPSA) is 78.9 Å². The van der Waals surface area contributed by atoms with Crippen molar-refractivity contribution in [2.24, 2.45) is 22.2 Å². The van der Waals surface area contributed by atoms with Crippen LogP contribution < -0.4 is 5.73 Å². The van der Waals surface area contributed by atoms with Gasteiger partial charge in [-0.2, -0.15) is 0 Å². The van der Waals surface area contributed by atoms with Gasteiger partial charge in [0.2, 0.25) is 5.91 Å². The normalized spacial score (nSPS) is 22.9. The third-order valence-corrected chi connectivity index (χ3v) is 5.05. The number of carbonyl (C=O) groups is 1. The molecule has 2 saturated carbocycles. The van der Waals surface area contributed by atoms with Crippen molar-refractivity contribution < 1.29 is 10.0 Å². The van der Waals surface area contributed by atoms with Crippen molar-refractivity contribution in [2.45, 2.75) is 71.3 Å². The number of nitrogens with zero attached hydrogens (tertiary/aromatic N) is 2. The first-order valence-corrected chi connectivity index (χ1v) is 8.30. The molecule has 2 fully saturated rings. The number of amides is 1. The molecule has 0 radical (unpaired) electrons. The van der Waals surface area contributed by atoms with Crippen LogP contribution in [0.5, 0.6) is 0 Å². The summed E-state index contributed by atoms with van der Waals surface area (Å²) >= 11 is 0. The zero-order valence-corrected chi connectivity index (χ0v) is 13.3. The number of carbonyl (C=O) groups excluding carboxylic acids is 1. The summed E-state index contributed by atoms with van der Waals surface area (Å²) in [4.78, 5) is 15.3. The van der Waals surface area contributed by atoms with Gasteiger partial charge in [-0.3, -0.25) is 4.79 Å². The van der Waals surface area contributed by atoms with Crippen molar-refractivity contribution in [1.29, 1.82) is 0 Å². The molecular weight excluding hydrogens is 266 g/mol. The van der Waals surface area contributed by atoms with Crippen molar-refractivity contribution in [3.63, 3.8) is 0 Å². The quantitative estimate of drug-likeness (QED) is 0.354. The Balaban J connectivity index is 2.26. The molecule has 2 aliphatic rings. The minimum atomic E-state index is -0.758. The van der Waals surface area contributed by atoms with Gasteiger partial charge in [-0.15, -0.1) is 0 Å². The molecule has 0 atom stereocenters. The van der Waals surface area contributed by atoms with Gasteiger partial charge >= 0.3 is 0 Å². The van der Waals surface area contributed by atoms with E-state index in [1.807, 2.05) is 4.90 Å². The van der Waals surface area contributed by atoms with Crippen LogP contribution in [0.15, 0.2) is 5.16 Å². The number of rotatable bonds is 5. The van der Waals surface area contributed by atoms with E-state index in [0.717, 1.165) is 32.2 Å². The number of hydrogen-bond acceptors (Lipinski definition) is 3. The molecule has 0 heterocycles. The molecule has 2 rings (SSSR count). The standard InChI is InChI=1S/C16H29N3O2/c1-12(2)11-19(13-7-3-4-8-13)15(20)16(14(17)18-21)9-5-6-10-16/h12-13,21H,3-11H2,1-2H3,(H2,17,18). The Kier molecular flexibility index (Phi) is 5.12. The van der Waals surface area contributed by atoms with E-state index in [0.29, 0.717) is 24.8 Å². The Hall–Kier alpha value is -1.26. The first-order chi connectivity index (χ1) is 10.0. The van der Waals surface area contributed by atoms with Crippen LogP contribution in [0.3, 0.4) is 0 Å². The van der Waals surface area contributed by atoms with Crippen LogP contribution in [0.2, 0.25) is 0 Å². The molecule has 0 aromatic carbocycles. The van der Waals surface area contributed by atoms with Gasteiger partial charge in [-0.1, -0.05) is 44.7 Å². The molecule has 0 bridgehead atoms. The molecule has 1 amide bonds. The molecule has 0 aromatic heterocycles. The minimum Gasteiger partial charge on any atom is -0.409 e. The first kappa shape index (κ1) is 16.1. The molecule has 3 N–H and O–H groups in total. The summed E-state index contributed by atoms with van der Waals surface area (Å²) in [6.45, 7) is 5.05. The third-order valence-electron chi connectivity index (χ3n) is 5.05. The van der Waals surface area contributed by atoms with Crippen molar-refractivity contribution >= 4 is 11.7 Å². The summed E-state index contributed by atoms with van der Waals surface area (Å²) < 4.78 is 0. The molecule has 0 unspecified atom stereocenters. The second kappa shape index (κ2) is 6.67. The van der Waals surface area contributed by atoms with Gasteiger partial charge in [0, 0.05) is 12.6 Å². The van der Waals surface area contributed by atoms with E-state index < -0.39 is 5.41 Å². The maximum absolute atomic E-state index is 13.2. The average Bonchev–Trinajstić information content (AvgIpc) is 3.14. The van der Waals surface area contributed by atoms with Gasteiger partial charge in [0.1, 0.15) is 5.41 Å². The molecule has 2 aliphatic carbocycles. The van der Waals surface area contributed by atoms with E-state index in [9.17, 15) is 4.79 Å². The van der Waals surface area contributed by atoms with Crippen LogP contribution >= 0.6 is 0 Å². The molecule has 5 heteroatoms.